The molecule has 0 spiro atoms. The molecule has 4 aromatic rings. The summed E-state index contributed by atoms with van der Waals surface area (Å²) in [5, 5.41) is 3.18. The number of fused-ring (bicyclic) bond motifs is 1. The number of amides is 3. The molecule has 3 aromatic carbocycles. The first-order valence-electron chi connectivity index (χ1n) is 11.8. The van der Waals surface area contributed by atoms with E-state index in [1.54, 1.807) is 60.7 Å². The standard InChI is InChI=1S/C29H25BrFN3O4/c1-2-15-33(29(37)32-24-13-9-22(30)10-14-24)18-27(35)34(16-20-7-11-23(31)12-8-20)17-21-19-38-26-6-4-3-5-25(26)28(21)36/h2-14,19H,1,15-18H2,(H,32,37). The number of nitrogens with zero attached hydrogens (tertiary/aromatic N) is 2. The van der Waals surface area contributed by atoms with Gasteiger partial charge >= 0.3 is 6.03 Å². The lowest BCUT2D eigenvalue weighted by Gasteiger charge is -2.27. The third kappa shape index (κ3) is 6.74. The lowest BCUT2D eigenvalue weighted by atomic mass is 10.1. The molecule has 9 heteroatoms. The van der Waals surface area contributed by atoms with Crippen molar-refractivity contribution in [2.75, 3.05) is 18.4 Å². The maximum absolute atomic E-state index is 13.5. The van der Waals surface area contributed by atoms with Crippen LogP contribution in [0.3, 0.4) is 0 Å². The van der Waals surface area contributed by atoms with Crippen LogP contribution in [-0.2, 0) is 17.9 Å². The summed E-state index contributed by atoms with van der Waals surface area (Å²) in [6.07, 6.45) is 2.87. The van der Waals surface area contributed by atoms with Crippen molar-refractivity contribution in [2.45, 2.75) is 13.1 Å². The largest absolute Gasteiger partial charge is 0.464 e. The molecule has 0 saturated heterocycles. The number of urea groups is 1. The molecule has 0 aliphatic carbocycles. The summed E-state index contributed by atoms with van der Waals surface area (Å²) in [6.45, 7) is 3.59. The first kappa shape index (κ1) is 26.8. The van der Waals surface area contributed by atoms with Crippen LogP contribution in [0.5, 0.6) is 0 Å². The minimum Gasteiger partial charge on any atom is -0.464 e. The van der Waals surface area contributed by atoms with E-state index in [2.05, 4.69) is 27.8 Å². The Morgan fingerprint density at radius 3 is 2.39 bits per heavy atom. The third-order valence-corrected chi connectivity index (χ3v) is 6.34. The summed E-state index contributed by atoms with van der Waals surface area (Å²) >= 11 is 3.35. The number of benzene rings is 3. The van der Waals surface area contributed by atoms with E-state index >= 15 is 0 Å². The van der Waals surface area contributed by atoms with Crippen LogP contribution in [0.2, 0.25) is 0 Å². The number of nitrogens with one attached hydrogen (secondary N) is 1. The molecular weight excluding hydrogens is 553 g/mol. The number of hydrogen-bond acceptors (Lipinski definition) is 4. The number of para-hydroxylation sites is 1. The summed E-state index contributed by atoms with van der Waals surface area (Å²) < 4.78 is 20.0. The molecule has 194 valence electrons. The van der Waals surface area contributed by atoms with E-state index in [1.165, 1.54) is 34.3 Å². The predicted octanol–water partition coefficient (Wildman–Crippen LogP) is 5.94. The Balaban J connectivity index is 1.58. The Bertz CT molecular complexity index is 1500. The zero-order valence-corrected chi connectivity index (χ0v) is 22.0. The van der Waals surface area contributed by atoms with Crippen molar-refractivity contribution in [3.63, 3.8) is 0 Å². The molecule has 1 N–H and O–H groups in total. The third-order valence-electron chi connectivity index (χ3n) is 5.81. The van der Waals surface area contributed by atoms with Crippen molar-refractivity contribution in [1.82, 2.24) is 9.80 Å². The Morgan fingerprint density at radius 2 is 1.68 bits per heavy atom. The topological polar surface area (TPSA) is 82.9 Å². The first-order valence-corrected chi connectivity index (χ1v) is 12.6. The summed E-state index contributed by atoms with van der Waals surface area (Å²) in [7, 11) is 0. The summed E-state index contributed by atoms with van der Waals surface area (Å²) in [5.41, 5.74) is 1.71. The fourth-order valence-corrected chi connectivity index (χ4v) is 4.11. The quantitative estimate of drug-likeness (QED) is 0.249. The van der Waals surface area contributed by atoms with Gasteiger partial charge in [0.1, 0.15) is 17.9 Å². The second-order valence-electron chi connectivity index (χ2n) is 8.57. The van der Waals surface area contributed by atoms with Gasteiger partial charge in [-0.15, -0.1) is 6.58 Å². The SMILES string of the molecule is C=CCN(CC(=O)N(Cc1ccc(F)cc1)Cc1coc2ccccc2c1=O)C(=O)Nc1ccc(Br)cc1. The molecule has 38 heavy (non-hydrogen) atoms. The molecule has 7 nitrogen and oxygen atoms in total. The van der Waals surface area contributed by atoms with Crippen LogP contribution in [0.1, 0.15) is 11.1 Å². The van der Waals surface area contributed by atoms with Crippen molar-refractivity contribution < 1.29 is 18.4 Å². The molecular formula is C29H25BrFN3O4. The molecule has 0 fully saturated rings. The Kier molecular flexibility index (Phi) is 8.70. The number of carbonyl (C=O) groups excluding carboxylic acids is 2. The highest BCUT2D eigenvalue weighted by molar-refractivity contribution is 9.10. The van der Waals surface area contributed by atoms with Gasteiger partial charge in [0.05, 0.1) is 23.8 Å². The van der Waals surface area contributed by atoms with Gasteiger partial charge in [-0.25, -0.2) is 9.18 Å². The van der Waals surface area contributed by atoms with Crippen molar-refractivity contribution in [2.24, 2.45) is 0 Å². The van der Waals surface area contributed by atoms with E-state index in [9.17, 15) is 18.8 Å². The molecule has 1 aromatic heterocycles. The van der Waals surface area contributed by atoms with Gasteiger partial charge in [-0.3, -0.25) is 9.59 Å². The fraction of sp³-hybridized carbons (Fsp3) is 0.138. The monoisotopic (exact) mass is 577 g/mol. The zero-order valence-electron chi connectivity index (χ0n) is 20.4. The molecule has 0 aliphatic rings. The molecule has 1 heterocycles. The van der Waals surface area contributed by atoms with Crippen LogP contribution in [0, 0.1) is 5.82 Å². The molecule has 0 unspecified atom stereocenters. The maximum atomic E-state index is 13.5. The number of rotatable bonds is 9. The number of hydrogen-bond donors (Lipinski definition) is 1. The van der Waals surface area contributed by atoms with Crippen molar-refractivity contribution in [3.05, 3.63) is 123 Å². The van der Waals surface area contributed by atoms with Crippen molar-refractivity contribution in [1.29, 1.82) is 0 Å². The van der Waals surface area contributed by atoms with E-state index in [-0.39, 0.29) is 37.2 Å². The zero-order chi connectivity index (χ0) is 27.1. The van der Waals surface area contributed by atoms with Gasteiger partial charge in [0.2, 0.25) is 5.91 Å². The van der Waals surface area contributed by atoms with Gasteiger partial charge in [-0.05, 0) is 54.1 Å². The molecule has 3 amide bonds. The second kappa shape index (κ2) is 12.3. The molecule has 0 atom stereocenters. The van der Waals surface area contributed by atoms with Crippen LogP contribution in [0.25, 0.3) is 11.0 Å². The average Bonchev–Trinajstić information content (AvgIpc) is 2.92. The minimum atomic E-state index is -0.479. The summed E-state index contributed by atoms with van der Waals surface area (Å²) in [4.78, 5) is 42.4. The van der Waals surface area contributed by atoms with Gasteiger partial charge in [-0.2, -0.15) is 0 Å². The van der Waals surface area contributed by atoms with Gasteiger partial charge in [0, 0.05) is 23.2 Å². The number of anilines is 1. The van der Waals surface area contributed by atoms with Crippen LogP contribution in [0.15, 0.2) is 105 Å². The summed E-state index contributed by atoms with van der Waals surface area (Å²) in [6, 6.07) is 19.2. The molecule has 0 saturated carbocycles. The van der Waals surface area contributed by atoms with E-state index in [1.807, 2.05) is 0 Å². The van der Waals surface area contributed by atoms with Crippen LogP contribution < -0.4 is 10.7 Å². The summed E-state index contributed by atoms with van der Waals surface area (Å²) in [5.74, 6) is -0.807. The second-order valence-corrected chi connectivity index (χ2v) is 9.48. The highest BCUT2D eigenvalue weighted by Gasteiger charge is 2.23. The normalized spacial score (nSPS) is 10.7. The lowest BCUT2D eigenvalue weighted by molar-refractivity contribution is -0.133. The van der Waals surface area contributed by atoms with Crippen LogP contribution in [-0.4, -0.2) is 34.8 Å². The van der Waals surface area contributed by atoms with Crippen LogP contribution in [0.4, 0.5) is 14.9 Å². The average molecular weight is 578 g/mol. The minimum absolute atomic E-state index is 0.0559. The molecule has 0 aliphatic heterocycles. The van der Waals surface area contributed by atoms with E-state index < -0.39 is 17.8 Å². The smallest absolute Gasteiger partial charge is 0.322 e. The number of carbonyl (C=O) groups is 2. The Labute approximate surface area is 227 Å². The van der Waals surface area contributed by atoms with Gasteiger partial charge in [0.15, 0.2) is 5.43 Å². The van der Waals surface area contributed by atoms with Crippen molar-refractivity contribution in [3.8, 4) is 0 Å². The molecule has 4 rings (SSSR count). The van der Waals surface area contributed by atoms with Gasteiger partial charge < -0.3 is 19.5 Å². The van der Waals surface area contributed by atoms with Crippen LogP contribution >= 0.6 is 15.9 Å². The Hall–Kier alpha value is -4.24. The van der Waals surface area contributed by atoms with Gasteiger partial charge in [-0.1, -0.05) is 46.3 Å². The van der Waals surface area contributed by atoms with Gasteiger partial charge in [0.25, 0.3) is 0 Å². The van der Waals surface area contributed by atoms with E-state index in [0.29, 0.717) is 22.2 Å². The number of halogens is 2. The lowest BCUT2D eigenvalue weighted by Crippen LogP contribution is -2.44. The highest BCUT2D eigenvalue weighted by Crippen LogP contribution is 2.16. The predicted molar refractivity (Wildman–Crippen MR) is 148 cm³/mol. The Morgan fingerprint density at radius 1 is 0.974 bits per heavy atom. The van der Waals surface area contributed by atoms with E-state index in [4.69, 9.17) is 4.42 Å². The molecule has 0 radical (unpaired) electrons. The highest BCUT2D eigenvalue weighted by atomic mass is 79.9. The maximum Gasteiger partial charge on any atom is 0.322 e. The molecule has 0 bridgehead atoms. The fourth-order valence-electron chi connectivity index (χ4n) is 3.85. The first-order chi connectivity index (χ1) is 18.3. The van der Waals surface area contributed by atoms with Crippen molar-refractivity contribution >= 4 is 44.5 Å². The van der Waals surface area contributed by atoms with E-state index in [0.717, 1.165) is 4.47 Å².